The molecule has 0 fully saturated rings. The number of amides is 2. The summed E-state index contributed by atoms with van der Waals surface area (Å²) in [5.41, 5.74) is 4.91. The molecular formula is C28H34N2O3. The lowest BCUT2D eigenvalue weighted by Gasteiger charge is -2.24. The maximum atomic E-state index is 13.2. The number of Topliss-reactive ketones (excluding diaryl/α,β-unsaturated/α-hetero) is 1. The number of nitrogens with one attached hydrogen (secondary N) is 2. The van der Waals surface area contributed by atoms with Gasteiger partial charge >= 0.3 is 0 Å². The molecule has 0 aliphatic heterocycles. The summed E-state index contributed by atoms with van der Waals surface area (Å²) in [7, 11) is 0. The Hall–Kier alpha value is -3.21. The van der Waals surface area contributed by atoms with Gasteiger partial charge in [0.05, 0.1) is 0 Å². The topological polar surface area (TPSA) is 75.3 Å². The van der Waals surface area contributed by atoms with Crippen LogP contribution < -0.4 is 10.6 Å². The van der Waals surface area contributed by atoms with E-state index in [2.05, 4.69) is 41.0 Å². The summed E-state index contributed by atoms with van der Waals surface area (Å²) in [4.78, 5) is 37.1. The van der Waals surface area contributed by atoms with Crippen LogP contribution in [-0.2, 0) is 33.6 Å². The number of hydrogen-bond acceptors (Lipinski definition) is 3. The van der Waals surface area contributed by atoms with Gasteiger partial charge in [-0.1, -0.05) is 60.7 Å². The average Bonchev–Trinajstić information content (AvgIpc) is 2.80. The maximum Gasteiger partial charge on any atom is 0.220 e. The van der Waals surface area contributed by atoms with E-state index in [1.807, 2.05) is 37.3 Å². The number of carbonyl (C=O) groups excluding carboxylic acids is 3. The smallest absolute Gasteiger partial charge is 0.220 e. The monoisotopic (exact) mass is 446 g/mol. The van der Waals surface area contributed by atoms with Crippen molar-refractivity contribution in [2.75, 3.05) is 13.1 Å². The summed E-state index contributed by atoms with van der Waals surface area (Å²) in [5, 5.41) is 5.62. The Labute approximate surface area is 196 Å². The van der Waals surface area contributed by atoms with Crippen LogP contribution in [0.25, 0.3) is 0 Å². The van der Waals surface area contributed by atoms with Gasteiger partial charge in [0.15, 0.2) is 0 Å². The fourth-order valence-corrected chi connectivity index (χ4v) is 4.37. The number of carbonyl (C=O) groups is 3. The zero-order chi connectivity index (χ0) is 23.5. The predicted octanol–water partition coefficient (Wildman–Crippen LogP) is 4.05. The lowest BCUT2D eigenvalue weighted by atomic mass is 9.79. The van der Waals surface area contributed by atoms with Crippen LogP contribution >= 0.6 is 0 Å². The van der Waals surface area contributed by atoms with Crippen LogP contribution in [-0.4, -0.2) is 30.7 Å². The van der Waals surface area contributed by atoms with E-state index in [1.165, 1.54) is 16.7 Å². The molecule has 0 saturated carbocycles. The quantitative estimate of drug-likeness (QED) is 0.541. The minimum atomic E-state index is -0.194. The molecule has 0 spiro atoms. The van der Waals surface area contributed by atoms with Crippen molar-refractivity contribution in [3.05, 3.63) is 82.9 Å². The van der Waals surface area contributed by atoms with E-state index in [-0.39, 0.29) is 29.9 Å². The molecule has 0 saturated heterocycles. The van der Waals surface area contributed by atoms with Crippen molar-refractivity contribution < 1.29 is 14.4 Å². The molecule has 5 heteroatoms. The lowest BCUT2D eigenvalue weighted by molar-refractivity contribution is -0.122. The van der Waals surface area contributed by atoms with Crippen molar-refractivity contribution in [3.8, 4) is 0 Å². The average molecular weight is 447 g/mol. The molecule has 174 valence electrons. The fourth-order valence-electron chi connectivity index (χ4n) is 4.37. The molecule has 2 amide bonds. The van der Waals surface area contributed by atoms with Crippen molar-refractivity contribution in [2.24, 2.45) is 0 Å². The van der Waals surface area contributed by atoms with Crippen LogP contribution in [0.5, 0.6) is 0 Å². The van der Waals surface area contributed by atoms with E-state index in [4.69, 9.17) is 0 Å². The second kappa shape index (κ2) is 12.7. The van der Waals surface area contributed by atoms with E-state index < -0.39 is 0 Å². The van der Waals surface area contributed by atoms with Gasteiger partial charge in [0.1, 0.15) is 5.78 Å². The van der Waals surface area contributed by atoms with Crippen LogP contribution in [0.4, 0.5) is 0 Å². The normalized spacial score (nSPS) is 15.1. The molecule has 2 aromatic rings. The first-order chi connectivity index (χ1) is 16.1. The Morgan fingerprint density at radius 3 is 2.24 bits per heavy atom. The highest BCUT2D eigenvalue weighted by Gasteiger charge is 2.25. The van der Waals surface area contributed by atoms with E-state index in [1.54, 1.807) is 0 Å². The molecule has 3 rings (SSSR count). The number of rotatable bonds is 10. The number of allylic oxidation sites excluding steroid dienone is 1. The van der Waals surface area contributed by atoms with Crippen molar-refractivity contribution >= 4 is 17.6 Å². The number of benzene rings is 2. The molecule has 2 aromatic carbocycles. The number of ketones is 1. The Kier molecular flexibility index (Phi) is 9.43. The molecule has 0 bridgehead atoms. The maximum absolute atomic E-state index is 13.2. The molecule has 0 aromatic heterocycles. The third kappa shape index (κ3) is 7.41. The van der Waals surface area contributed by atoms with Crippen molar-refractivity contribution in [1.29, 1.82) is 0 Å². The highest BCUT2D eigenvalue weighted by molar-refractivity contribution is 5.87. The molecule has 1 aliphatic carbocycles. The molecule has 1 aliphatic rings. The molecule has 33 heavy (non-hydrogen) atoms. The Morgan fingerprint density at radius 1 is 0.848 bits per heavy atom. The summed E-state index contributed by atoms with van der Waals surface area (Å²) in [6, 6.07) is 16.6. The van der Waals surface area contributed by atoms with Crippen LogP contribution in [0, 0.1) is 0 Å². The van der Waals surface area contributed by atoms with Crippen LogP contribution in [0.3, 0.4) is 0 Å². The van der Waals surface area contributed by atoms with Gasteiger partial charge in [0.2, 0.25) is 11.8 Å². The summed E-state index contributed by atoms with van der Waals surface area (Å²) >= 11 is 0. The Balaban J connectivity index is 1.51. The first kappa shape index (κ1) is 24.4. The Morgan fingerprint density at radius 2 is 1.48 bits per heavy atom. The number of hydrogen-bond donors (Lipinski definition) is 2. The van der Waals surface area contributed by atoms with Crippen LogP contribution in [0.1, 0.15) is 60.8 Å². The molecule has 5 nitrogen and oxygen atoms in total. The number of aryl methyl sites for hydroxylation is 2. The highest BCUT2D eigenvalue weighted by Crippen LogP contribution is 2.31. The molecule has 0 radical (unpaired) electrons. The van der Waals surface area contributed by atoms with Crippen LogP contribution in [0.15, 0.2) is 60.7 Å². The summed E-state index contributed by atoms with van der Waals surface area (Å²) in [6.07, 6.45) is 7.76. The molecule has 0 heterocycles. The van der Waals surface area contributed by atoms with Gasteiger partial charge < -0.3 is 10.6 Å². The van der Waals surface area contributed by atoms with Gasteiger partial charge in [-0.15, -0.1) is 0 Å². The SMILES string of the molecule is C/C=C/CNC(=O)CCCC(=O)NCCC(=O)C1Cc2ccccc2CCc2ccccc21. The molecule has 1 unspecified atom stereocenters. The zero-order valence-electron chi connectivity index (χ0n) is 19.4. The fraction of sp³-hybridized carbons (Fsp3) is 0.393. The summed E-state index contributed by atoms with van der Waals surface area (Å²) in [5.74, 6) is -0.213. The standard InChI is InChI=1S/C28H34N2O3/c1-2-3-18-29-27(32)13-8-14-28(33)30-19-17-26(31)25-20-23-11-5-4-9-21(23)15-16-22-10-6-7-12-24(22)25/h2-7,9-12,25H,8,13-20H2,1H3,(H,29,32)(H,30,33)/b3-2+. The minimum absolute atomic E-state index is 0.0562. The third-order valence-electron chi connectivity index (χ3n) is 6.18. The van der Waals surface area contributed by atoms with E-state index in [0.717, 1.165) is 18.4 Å². The Bertz CT molecular complexity index is 996. The predicted molar refractivity (Wildman–Crippen MR) is 131 cm³/mol. The molecular weight excluding hydrogens is 412 g/mol. The first-order valence-electron chi connectivity index (χ1n) is 11.9. The molecule has 2 N–H and O–H groups in total. The molecule has 1 atom stereocenters. The van der Waals surface area contributed by atoms with Crippen molar-refractivity contribution in [2.45, 2.75) is 57.8 Å². The first-order valence-corrected chi connectivity index (χ1v) is 11.9. The summed E-state index contributed by atoms with van der Waals surface area (Å²) in [6.45, 7) is 2.74. The largest absolute Gasteiger partial charge is 0.356 e. The second-order valence-corrected chi connectivity index (χ2v) is 8.52. The van der Waals surface area contributed by atoms with Crippen molar-refractivity contribution in [3.63, 3.8) is 0 Å². The highest BCUT2D eigenvalue weighted by atomic mass is 16.2. The van der Waals surface area contributed by atoms with Gasteiger partial charge in [0.25, 0.3) is 0 Å². The minimum Gasteiger partial charge on any atom is -0.356 e. The van der Waals surface area contributed by atoms with Gasteiger partial charge in [-0.25, -0.2) is 0 Å². The van der Waals surface area contributed by atoms with Crippen molar-refractivity contribution in [1.82, 2.24) is 10.6 Å². The van der Waals surface area contributed by atoms with E-state index in [0.29, 0.717) is 38.8 Å². The third-order valence-corrected chi connectivity index (χ3v) is 6.18. The van der Waals surface area contributed by atoms with E-state index in [9.17, 15) is 14.4 Å². The van der Waals surface area contributed by atoms with Crippen LogP contribution in [0.2, 0.25) is 0 Å². The summed E-state index contributed by atoms with van der Waals surface area (Å²) < 4.78 is 0. The van der Waals surface area contributed by atoms with Gasteiger partial charge in [0, 0.05) is 38.3 Å². The van der Waals surface area contributed by atoms with E-state index >= 15 is 0 Å². The zero-order valence-corrected chi connectivity index (χ0v) is 19.4. The van der Waals surface area contributed by atoms with Gasteiger partial charge in [-0.05, 0) is 54.9 Å². The van der Waals surface area contributed by atoms with Gasteiger partial charge in [-0.3, -0.25) is 14.4 Å². The second-order valence-electron chi connectivity index (χ2n) is 8.52. The number of fused-ring (bicyclic) bond motifs is 2. The lowest BCUT2D eigenvalue weighted by Crippen LogP contribution is -2.29. The van der Waals surface area contributed by atoms with Gasteiger partial charge in [-0.2, -0.15) is 0 Å².